The van der Waals surface area contributed by atoms with Crippen LogP contribution in [0.1, 0.15) is 54.4 Å². The van der Waals surface area contributed by atoms with E-state index in [1.165, 1.54) is 24.3 Å². The van der Waals surface area contributed by atoms with Crippen LogP contribution in [0.15, 0.2) is 16.8 Å². The molecule has 0 amide bonds. The molecule has 0 aromatic rings. The minimum atomic E-state index is 0.415. The first-order chi connectivity index (χ1) is 10.4. The van der Waals surface area contributed by atoms with Crippen LogP contribution in [-0.4, -0.2) is 36.4 Å². The van der Waals surface area contributed by atoms with Crippen molar-refractivity contribution in [1.82, 2.24) is 10.2 Å². The van der Waals surface area contributed by atoms with Crippen molar-refractivity contribution < 1.29 is 0 Å². The molecule has 0 saturated carbocycles. The maximum absolute atomic E-state index is 4.81. The van der Waals surface area contributed by atoms with E-state index in [0.29, 0.717) is 23.9 Å². The van der Waals surface area contributed by atoms with Gasteiger partial charge in [0.05, 0.1) is 6.17 Å². The molecular formula is C19H35N3. The SMILES string of the molecule is CC(C)C1=CCCN1C(C)NCC(C)C1=NCCC1C(C)C. The summed E-state index contributed by atoms with van der Waals surface area (Å²) in [6.07, 6.45) is 5.26. The summed E-state index contributed by atoms with van der Waals surface area (Å²) < 4.78 is 0. The maximum Gasteiger partial charge on any atom is 0.0764 e. The van der Waals surface area contributed by atoms with Crippen molar-refractivity contribution in [3.63, 3.8) is 0 Å². The van der Waals surface area contributed by atoms with Crippen molar-refractivity contribution in [3.8, 4) is 0 Å². The van der Waals surface area contributed by atoms with Gasteiger partial charge in [0.1, 0.15) is 0 Å². The summed E-state index contributed by atoms with van der Waals surface area (Å²) in [6.45, 7) is 17.1. The first kappa shape index (κ1) is 17.5. The highest BCUT2D eigenvalue weighted by Gasteiger charge is 2.29. The van der Waals surface area contributed by atoms with Gasteiger partial charge in [-0.2, -0.15) is 0 Å². The summed E-state index contributed by atoms with van der Waals surface area (Å²) in [6, 6.07) is 0. The van der Waals surface area contributed by atoms with Crippen molar-refractivity contribution in [2.45, 2.75) is 60.5 Å². The van der Waals surface area contributed by atoms with Crippen molar-refractivity contribution >= 4 is 5.71 Å². The molecule has 0 aliphatic carbocycles. The molecular weight excluding hydrogens is 270 g/mol. The van der Waals surface area contributed by atoms with Gasteiger partial charge in [0.15, 0.2) is 0 Å². The van der Waals surface area contributed by atoms with Crippen LogP contribution in [0.5, 0.6) is 0 Å². The zero-order valence-electron chi connectivity index (χ0n) is 15.4. The van der Waals surface area contributed by atoms with E-state index >= 15 is 0 Å². The summed E-state index contributed by atoms with van der Waals surface area (Å²) >= 11 is 0. The third-order valence-corrected chi connectivity index (χ3v) is 5.26. The van der Waals surface area contributed by atoms with Crippen LogP contribution in [0.25, 0.3) is 0 Å². The lowest BCUT2D eigenvalue weighted by molar-refractivity contribution is 0.227. The first-order valence-electron chi connectivity index (χ1n) is 9.16. The Kier molecular flexibility index (Phi) is 6.08. The fourth-order valence-electron chi connectivity index (χ4n) is 3.94. The minimum Gasteiger partial charge on any atom is -0.359 e. The number of hydrogen-bond acceptors (Lipinski definition) is 3. The van der Waals surface area contributed by atoms with E-state index in [2.05, 4.69) is 57.8 Å². The lowest BCUT2D eigenvalue weighted by atomic mass is 9.84. The van der Waals surface area contributed by atoms with Crippen molar-refractivity contribution in [1.29, 1.82) is 0 Å². The molecule has 126 valence electrons. The van der Waals surface area contributed by atoms with Crippen LogP contribution in [0, 0.1) is 23.7 Å². The third kappa shape index (κ3) is 3.92. The molecule has 1 N–H and O–H groups in total. The predicted octanol–water partition coefficient (Wildman–Crippen LogP) is 3.92. The van der Waals surface area contributed by atoms with Gasteiger partial charge < -0.3 is 4.90 Å². The Balaban J connectivity index is 1.86. The van der Waals surface area contributed by atoms with Crippen molar-refractivity contribution in [3.05, 3.63) is 11.8 Å². The Hall–Kier alpha value is -0.830. The van der Waals surface area contributed by atoms with E-state index < -0.39 is 0 Å². The average Bonchev–Trinajstić information content (AvgIpc) is 3.12. The molecule has 0 aromatic carbocycles. The van der Waals surface area contributed by atoms with Gasteiger partial charge in [-0.05, 0) is 31.6 Å². The molecule has 2 rings (SSSR count). The number of rotatable bonds is 7. The van der Waals surface area contributed by atoms with E-state index in [-0.39, 0.29) is 0 Å². The topological polar surface area (TPSA) is 27.6 Å². The molecule has 2 heterocycles. The van der Waals surface area contributed by atoms with Gasteiger partial charge in [-0.1, -0.05) is 40.7 Å². The molecule has 3 unspecified atom stereocenters. The number of nitrogens with one attached hydrogen (secondary N) is 1. The van der Waals surface area contributed by atoms with Gasteiger partial charge in [0, 0.05) is 42.9 Å². The lowest BCUT2D eigenvalue weighted by Crippen LogP contribution is -2.45. The standard InChI is InChI=1S/C19H35N3/c1-13(2)17-9-10-20-19(17)15(5)12-21-16(6)22-11-7-8-18(22)14(3)4/h8,13-17,21H,7,9-12H2,1-6H3. The van der Waals surface area contributed by atoms with Crippen LogP contribution < -0.4 is 5.32 Å². The Labute approximate surface area is 137 Å². The second kappa shape index (κ2) is 7.63. The summed E-state index contributed by atoms with van der Waals surface area (Å²) in [5.41, 5.74) is 2.96. The minimum absolute atomic E-state index is 0.415. The Morgan fingerprint density at radius 2 is 1.95 bits per heavy atom. The van der Waals surface area contributed by atoms with Crippen LogP contribution in [-0.2, 0) is 0 Å². The second-order valence-corrected chi connectivity index (χ2v) is 7.70. The molecule has 0 radical (unpaired) electrons. The maximum atomic E-state index is 4.81. The van der Waals surface area contributed by atoms with Gasteiger partial charge in [0.25, 0.3) is 0 Å². The Bertz CT molecular complexity index is 422. The van der Waals surface area contributed by atoms with E-state index in [9.17, 15) is 0 Å². The van der Waals surface area contributed by atoms with Gasteiger partial charge in [-0.15, -0.1) is 0 Å². The smallest absolute Gasteiger partial charge is 0.0764 e. The van der Waals surface area contributed by atoms with Gasteiger partial charge in [-0.3, -0.25) is 10.3 Å². The second-order valence-electron chi connectivity index (χ2n) is 7.70. The molecule has 22 heavy (non-hydrogen) atoms. The summed E-state index contributed by atoms with van der Waals surface area (Å²) in [5.74, 6) is 2.58. The van der Waals surface area contributed by atoms with Gasteiger partial charge in [-0.25, -0.2) is 0 Å². The van der Waals surface area contributed by atoms with Crippen LogP contribution in [0.4, 0.5) is 0 Å². The van der Waals surface area contributed by atoms with Gasteiger partial charge in [0.2, 0.25) is 0 Å². The zero-order chi connectivity index (χ0) is 16.3. The number of nitrogens with zero attached hydrogens (tertiary/aromatic N) is 2. The quantitative estimate of drug-likeness (QED) is 0.772. The van der Waals surface area contributed by atoms with Crippen molar-refractivity contribution in [2.24, 2.45) is 28.7 Å². The summed E-state index contributed by atoms with van der Waals surface area (Å²) in [4.78, 5) is 7.34. The fourth-order valence-corrected chi connectivity index (χ4v) is 3.94. The lowest BCUT2D eigenvalue weighted by Gasteiger charge is -2.33. The highest BCUT2D eigenvalue weighted by Crippen LogP contribution is 2.27. The number of allylic oxidation sites excluding steroid dienone is 1. The Morgan fingerprint density at radius 3 is 2.59 bits per heavy atom. The third-order valence-electron chi connectivity index (χ3n) is 5.26. The van der Waals surface area contributed by atoms with Crippen molar-refractivity contribution in [2.75, 3.05) is 19.6 Å². The monoisotopic (exact) mass is 305 g/mol. The molecule has 2 aliphatic heterocycles. The van der Waals surface area contributed by atoms with E-state index in [0.717, 1.165) is 25.6 Å². The Morgan fingerprint density at radius 1 is 1.23 bits per heavy atom. The molecule has 3 nitrogen and oxygen atoms in total. The summed E-state index contributed by atoms with van der Waals surface area (Å²) in [7, 11) is 0. The fraction of sp³-hybridized carbons (Fsp3) is 0.842. The highest BCUT2D eigenvalue weighted by atomic mass is 15.3. The molecule has 0 spiro atoms. The zero-order valence-corrected chi connectivity index (χ0v) is 15.4. The molecule has 0 fully saturated rings. The number of hydrogen-bond donors (Lipinski definition) is 1. The molecule has 0 bridgehead atoms. The van der Waals surface area contributed by atoms with E-state index in [1.807, 2.05) is 0 Å². The molecule has 0 saturated heterocycles. The van der Waals surface area contributed by atoms with Crippen LogP contribution in [0.3, 0.4) is 0 Å². The normalized spacial score (nSPS) is 24.9. The first-order valence-corrected chi connectivity index (χ1v) is 9.16. The van der Waals surface area contributed by atoms with Crippen LogP contribution in [0.2, 0.25) is 0 Å². The molecule has 3 heteroatoms. The number of aliphatic imine (C=N–C) groups is 1. The largest absolute Gasteiger partial charge is 0.359 e. The van der Waals surface area contributed by atoms with Gasteiger partial charge >= 0.3 is 0 Å². The van der Waals surface area contributed by atoms with Crippen LogP contribution >= 0.6 is 0 Å². The summed E-state index contributed by atoms with van der Waals surface area (Å²) in [5, 5.41) is 3.75. The predicted molar refractivity (Wildman–Crippen MR) is 96.1 cm³/mol. The molecule has 2 aliphatic rings. The molecule has 0 aromatic heterocycles. The molecule has 3 atom stereocenters. The van der Waals surface area contributed by atoms with E-state index in [4.69, 9.17) is 4.99 Å². The average molecular weight is 306 g/mol. The van der Waals surface area contributed by atoms with E-state index in [1.54, 1.807) is 0 Å². The highest BCUT2D eigenvalue weighted by molar-refractivity contribution is 5.90.